The van der Waals surface area contributed by atoms with E-state index in [0.29, 0.717) is 0 Å². The van der Waals surface area contributed by atoms with Crippen molar-refractivity contribution in [2.75, 3.05) is 20.2 Å². The van der Waals surface area contributed by atoms with Crippen LogP contribution in [0.4, 0.5) is 0 Å². The predicted molar refractivity (Wildman–Crippen MR) is 65.4 cm³/mol. The average Bonchev–Trinajstić information content (AvgIpc) is 2.68. The number of nitrogens with one attached hydrogen (secondary N) is 1. The highest BCUT2D eigenvalue weighted by atomic mass is 16.3. The van der Waals surface area contributed by atoms with E-state index in [0.717, 1.165) is 18.5 Å². The molecule has 0 spiro atoms. The zero-order chi connectivity index (χ0) is 12.3. The Hall–Kier alpha value is -1.39. The summed E-state index contributed by atoms with van der Waals surface area (Å²) in [6.45, 7) is 0.779. The summed E-state index contributed by atoms with van der Waals surface area (Å²) in [6, 6.07) is 9.37. The first-order chi connectivity index (χ1) is 8.22. The highest BCUT2D eigenvalue weighted by Crippen LogP contribution is 2.16. The third kappa shape index (κ3) is 2.65. The van der Waals surface area contributed by atoms with Crippen LogP contribution in [0.2, 0.25) is 0 Å². The van der Waals surface area contributed by atoms with E-state index in [2.05, 4.69) is 5.32 Å². The molecule has 1 aromatic rings. The lowest BCUT2D eigenvalue weighted by atomic mass is 10.1. The second kappa shape index (κ2) is 5.29. The monoisotopic (exact) mass is 234 g/mol. The highest BCUT2D eigenvalue weighted by molar-refractivity contribution is 5.83. The van der Waals surface area contributed by atoms with Gasteiger partial charge in [0.25, 0.3) is 0 Å². The second-order valence-electron chi connectivity index (χ2n) is 4.41. The van der Waals surface area contributed by atoms with Gasteiger partial charge in [-0.2, -0.15) is 0 Å². The number of nitrogens with zero attached hydrogens (tertiary/aromatic N) is 1. The maximum Gasteiger partial charge on any atom is 0.239 e. The third-order valence-corrected chi connectivity index (χ3v) is 3.21. The molecule has 17 heavy (non-hydrogen) atoms. The molecule has 1 amide bonds. The quantitative estimate of drug-likeness (QED) is 0.799. The van der Waals surface area contributed by atoms with Crippen LogP contribution in [0.1, 0.15) is 18.0 Å². The van der Waals surface area contributed by atoms with Gasteiger partial charge in [-0.25, -0.2) is 0 Å². The van der Waals surface area contributed by atoms with E-state index >= 15 is 0 Å². The molecule has 0 radical (unpaired) electrons. The van der Waals surface area contributed by atoms with Crippen molar-refractivity contribution in [3.05, 3.63) is 35.9 Å². The van der Waals surface area contributed by atoms with Crippen LogP contribution >= 0.6 is 0 Å². The molecular weight excluding hydrogens is 216 g/mol. The average molecular weight is 234 g/mol. The molecule has 1 fully saturated rings. The molecule has 2 rings (SSSR count). The van der Waals surface area contributed by atoms with Crippen LogP contribution in [-0.2, 0) is 4.79 Å². The molecule has 1 aromatic carbocycles. The lowest BCUT2D eigenvalue weighted by Gasteiger charge is -2.20. The largest absolute Gasteiger partial charge is 0.394 e. The van der Waals surface area contributed by atoms with Gasteiger partial charge in [0.15, 0.2) is 0 Å². The number of aliphatic hydroxyl groups excluding tert-OH is 1. The summed E-state index contributed by atoms with van der Waals surface area (Å²) in [6.07, 6.45) is 0.804. The van der Waals surface area contributed by atoms with Crippen LogP contribution in [0.5, 0.6) is 0 Å². The van der Waals surface area contributed by atoms with Gasteiger partial charge in [0.1, 0.15) is 0 Å². The van der Waals surface area contributed by atoms with Gasteiger partial charge in [0.05, 0.1) is 18.7 Å². The minimum absolute atomic E-state index is 0.00247. The van der Waals surface area contributed by atoms with Gasteiger partial charge in [-0.15, -0.1) is 0 Å². The Morgan fingerprint density at radius 2 is 2.18 bits per heavy atom. The van der Waals surface area contributed by atoms with Gasteiger partial charge in [-0.05, 0) is 12.0 Å². The summed E-state index contributed by atoms with van der Waals surface area (Å²) >= 11 is 0. The molecule has 2 N–H and O–H groups in total. The first-order valence-electron chi connectivity index (χ1n) is 5.89. The number of hydrogen-bond donors (Lipinski definition) is 2. The fourth-order valence-corrected chi connectivity index (χ4v) is 2.16. The van der Waals surface area contributed by atoms with Crippen LogP contribution < -0.4 is 5.32 Å². The molecule has 2 atom stereocenters. The van der Waals surface area contributed by atoms with Gasteiger partial charge >= 0.3 is 0 Å². The number of amides is 1. The summed E-state index contributed by atoms with van der Waals surface area (Å²) in [5.74, 6) is 0.111. The van der Waals surface area contributed by atoms with Crippen LogP contribution in [0.15, 0.2) is 30.3 Å². The lowest BCUT2D eigenvalue weighted by molar-refractivity contribution is -0.128. The molecular formula is C13H18N2O2. The van der Waals surface area contributed by atoms with Crippen LogP contribution in [0, 0.1) is 0 Å². The van der Waals surface area contributed by atoms with Crippen molar-refractivity contribution in [2.45, 2.75) is 18.5 Å². The van der Waals surface area contributed by atoms with E-state index in [9.17, 15) is 9.90 Å². The molecule has 1 aliphatic rings. The minimum Gasteiger partial charge on any atom is -0.394 e. The standard InChI is InChI=1S/C13H18N2O2/c1-15-8-7-11(13(15)17)14-12(9-16)10-5-3-2-4-6-10/h2-6,11-12,14,16H,7-9H2,1H3. The summed E-state index contributed by atoms with van der Waals surface area (Å²) in [4.78, 5) is 13.5. The van der Waals surface area contributed by atoms with Crippen LogP contribution in [0.3, 0.4) is 0 Å². The molecule has 1 saturated heterocycles. The molecule has 0 aromatic heterocycles. The smallest absolute Gasteiger partial charge is 0.239 e. The Morgan fingerprint density at radius 3 is 2.71 bits per heavy atom. The lowest BCUT2D eigenvalue weighted by Crippen LogP contribution is -2.40. The molecule has 92 valence electrons. The normalized spacial score (nSPS) is 21.9. The Balaban J connectivity index is 2.04. The van der Waals surface area contributed by atoms with E-state index in [4.69, 9.17) is 0 Å². The van der Waals surface area contributed by atoms with Crippen molar-refractivity contribution in [3.8, 4) is 0 Å². The molecule has 4 nitrogen and oxygen atoms in total. The second-order valence-corrected chi connectivity index (χ2v) is 4.41. The number of hydrogen-bond acceptors (Lipinski definition) is 3. The van der Waals surface area contributed by atoms with Crippen molar-refractivity contribution in [1.82, 2.24) is 10.2 Å². The van der Waals surface area contributed by atoms with Crippen molar-refractivity contribution >= 4 is 5.91 Å². The fourth-order valence-electron chi connectivity index (χ4n) is 2.16. The number of benzene rings is 1. The molecule has 0 aliphatic carbocycles. The summed E-state index contributed by atoms with van der Waals surface area (Å²) in [7, 11) is 1.81. The molecule has 0 saturated carbocycles. The maximum absolute atomic E-state index is 11.8. The molecule has 4 heteroatoms. The summed E-state index contributed by atoms with van der Waals surface area (Å²) in [5, 5.41) is 12.6. The van der Waals surface area contributed by atoms with Gasteiger partial charge in [-0.1, -0.05) is 30.3 Å². The van der Waals surface area contributed by atoms with Gasteiger partial charge < -0.3 is 10.0 Å². The zero-order valence-electron chi connectivity index (χ0n) is 9.97. The fraction of sp³-hybridized carbons (Fsp3) is 0.462. The first kappa shape index (κ1) is 12.1. The Kier molecular flexibility index (Phi) is 3.76. The Bertz CT molecular complexity index is 380. The third-order valence-electron chi connectivity index (χ3n) is 3.21. The van der Waals surface area contributed by atoms with Crippen molar-refractivity contribution in [2.24, 2.45) is 0 Å². The van der Waals surface area contributed by atoms with Crippen molar-refractivity contribution in [1.29, 1.82) is 0 Å². The van der Waals surface area contributed by atoms with Gasteiger partial charge in [0, 0.05) is 13.6 Å². The summed E-state index contributed by atoms with van der Waals surface area (Å²) < 4.78 is 0. The SMILES string of the molecule is CN1CCC(NC(CO)c2ccccc2)C1=O. The van der Waals surface area contributed by atoms with E-state index in [1.54, 1.807) is 11.9 Å². The predicted octanol–water partition coefficient (Wildman–Crippen LogP) is 0.540. The number of rotatable bonds is 4. The van der Waals surface area contributed by atoms with Crippen molar-refractivity contribution < 1.29 is 9.90 Å². The number of likely N-dealkylation sites (tertiary alicyclic amines) is 1. The molecule has 1 aliphatic heterocycles. The minimum atomic E-state index is -0.170. The van der Waals surface area contributed by atoms with E-state index in [-0.39, 0.29) is 24.6 Å². The summed E-state index contributed by atoms with van der Waals surface area (Å²) in [5.41, 5.74) is 1.01. The molecule has 0 bridgehead atoms. The first-order valence-corrected chi connectivity index (χ1v) is 5.89. The van der Waals surface area contributed by atoms with E-state index in [1.165, 1.54) is 0 Å². The Morgan fingerprint density at radius 1 is 1.47 bits per heavy atom. The number of likely N-dealkylation sites (N-methyl/N-ethyl adjacent to an activating group) is 1. The maximum atomic E-state index is 11.8. The van der Waals surface area contributed by atoms with Gasteiger partial charge in [-0.3, -0.25) is 10.1 Å². The highest BCUT2D eigenvalue weighted by Gasteiger charge is 2.30. The Labute approximate surface area is 101 Å². The van der Waals surface area contributed by atoms with E-state index < -0.39 is 0 Å². The number of carbonyl (C=O) groups excluding carboxylic acids is 1. The van der Waals surface area contributed by atoms with Crippen molar-refractivity contribution in [3.63, 3.8) is 0 Å². The van der Waals surface area contributed by atoms with Gasteiger partial charge in [0.2, 0.25) is 5.91 Å². The van der Waals surface area contributed by atoms with E-state index in [1.807, 2.05) is 30.3 Å². The van der Waals surface area contributed by atoms with Crippen LogP contribution in [-0.4, -0.2) is 42.2 Å². The number of carbonyl (C=O) groups is 1. The zero-order valence-corrected chi connectivity index (χ0v) is 9.97. The topological polar surface area (TPSA) is 52.6 Å². The van der Waals surface area contributed by atoms with Crippen LogP contribution in [0.25, 0.3) is 0 Å². The molecule has 2 unspecified atom stereocenters. The molecule has 1 heterocycles. The number of aliphatic hydroxyl groups is 1.